The van der Waals surface area contributed by atoms with Gasteiger partial charge in [-0.15, -0.1) is 0 Å². The number of aromatic hydroxyl groups is 1. The monoisotopic (exact) mass is 337 g/mol. The fourth-order valence-electron chi connectivity index (χ4n) is 3.80. The number of nitrogens with one attached hydrogen (secondary N) is 1. The zero-order valence-electron chi connectivity index (χ0n) is 14.7. The fourth-order valence-corrected chi connectivity index (χ4v) is 3.80. The minimum Gasteiger partial charge on any atom is -0.508 e. The summed E-state index contributed by atoms with van der Waals surface area (Å²) >= 11 is 0. The van der Waals surface area contributed by atoms with Crippen molar-refractivity contribution >= 4 is 5.91 Å². The van der Waals surface area contributed by atoms with E-state index in [0.29, 0.717) is 11.5 Å². The Labute approximate surface area is 150 Å². The lowest BCUT2D eigenvalue weighted by molar-refractivity contribution is -0.121. The molecule has 0 heterocycles. The predicted octanol–water partition coefficient (Wildman–Crippen LogP) is 4.76. The first kappa shape index (κ1) is 17.5. The van der Waals surface area contributed by atoms with Gasteiger partial charge in [-0.25, -0.2) is 0 Å². The average Bonchev–Trinajstić information content (AvgIpc) is 2.65. The van der Waals surface area contributed by atoms with Crippen LogP contribution < -0.4 is 5.32 Å². The van der Waals surface area contributed by atoms with Crippen molar-refractivity contribution in [1.29, 1.82) is 0 Å². The highest BCUT2D eigenvalue weighted by Gasteiger charge is 2.22. The Balaban J connectivity index is 1.68. The van der Waals surface area contributed by atoms with Crippen molar-refractivity contribution in [2.75, 3.05) is 0 Å². The molecule has 0 bridgehead atoms. The van der Waals surface area contributed by atoms with Gasteiger partial charge >= 0.3 is 0 Å². The van der Waals surface area contributed by atoms with E-state index in [1.807, 2.05) is 24.3 Å². The molecule has 2 aromatic carbocycles. The van der Waals surface area contributed by atoms with E-state index in [2.05, 4.69) is 17.4 Å². The number of hydrogen-bond acceptors (Lipinski definition) is 2. The molecule has 25 heavy (non-hydrogen) atoms. The fraction of sp³-hybridized carbons (Fsp3) is 0.409. The van der Waals surface area contributed by atoms with Gasteiger partial charge in [0.05, 0.1) is 12.5 Å². The highest BCUT2D eigenvalue weighted by atomic mass is 16.3. The topological polar surface area (TPSA) is 49.3 Å². The van der Waals surface area contributed by atoms with Gasteiger partial charge in [-0.1, -0.05) is 80.6 Å². The SMILES string of the molecule is O=C(Cc1ccccc1O)NC(CC1CCCCC1)c1ccccc1. The Kier molecular flexibility index (Phi) is 6.10. The number of carbonyl (C=O) groups is 1. The van der Waals surface area contributed by atoms with Gasteiger partial charge in [0.2, 0.25) is 5.91 Å². The molecule has 2 N–H and O–H groups in total. The van der Waals surface area contributed by atoms with Crippen LogP contribution in [-0.4, -0.2) is 11.0 Å². The van der Waals surface area contributed by atoms with Gasteiger partial charge in [0, 0.05) is 5.56 Å². The molecule has 0 radical (unpaired) electrons. The maximum Gasteiger partial charge on any atom is 0.225 e. The van der Waals surface area contributed by atoms with E-state index in [-0.39, 0.29) is 24.1 Å². The lowest BCUT2D eigenvalue weighted by atomic mass is 9.83. The molecule has 1 atom stereocenters. The van der Waals surface area contributed by atoms with Crippen molar-refractivity contribution in [2.24, 2.45) is 5.92 Å². The summed E-state index contributed by atoms with van der Waals surface area (Å²) in [6.45, 7) is 0. The first-order chi connectivity index (χ1) is 12.2. The Morgan fingerprint density at radius 2 is 1.68 bits per heavy atom. The van der Waals surface area contributed by atoms with Gasteiger partial charge in [-0.2, -0.15) is 0 Å². The van der Waals surface area contributed by atoms with E-state index in [9.17, 15) is 9.90 Å². The number of rotatable bonds is 6. The third-order valence-electron chi connectivity index (χ3n) is 5.17. The summed E-state index contributed by atoms with van der Waals surface area (Å²) in [7, 11) is 0. The van der Waals surface area contributed by atoms with Crippen molar-refractivity contribution in [2.45, 2.75) is 51.0 Å². The summed E-state index contributed by atoms with van der Waals surface area (Å²) in [4.78, 5) is 12.6. The first-order valence-electron chi connectivity index (χ1n) is 9.33. The molecule has 0 saturated heterocycles. The van der Waals surface area contributed by atoms with Crippen LogP contribution in [0.2, 0.25) is 0 Å². The van der Waals surface area contributed by atoms with Crippen LogP contribution in [0.1, 0.15) is 55.7 Å². The maximum absolute atomic E-state index is 12.6. The first-order valence-corrected chi connectivity index (χ1v) is 9.33. The van der Waals surface area contributed by atoms with E-state index < -0.39 is 0 Å². The van der Waals surface area contributed by atoms with E-state index >= 15 is 0 Å². The van der Waals surface area contributed by atoms with Crippen molar-refractivity contribution in [3.63, 3.8) is 0 Å². The second kappa shape index (κ2) is 8.70. The van der Waals surface area contributed by atoms with Crippen LogP contribution in [0.3, 0.4) is 0 Å². The molecule has 0 aliphatic heterocycles. The van der Waals surface area contributed by atoms with E-state index in [1.165, 1.54) is 37.7 Å². The second-order valence-electron chi connectivity index (χ2n) is 7.08. The van der Waals surface area contributed by atoms with Crippen LogP contribution in [-0.2, 0) is 11.2 Å². The molecule has 3 rings (SSSR count). The van der Waals surface area contributed by atoms with E-state index in [1.54, 1.807) is 18.2 Å². The van der Waals surface area contributed by atoms with Crippen LogP contribution in [0.25, 0.3) is 0 Å². The van der Waals surface area contributed by atoms with Crippen molar-refractivity contribution in [1.82, 2.24) is 5.32 Å². The molecule has 1 aliphatic rings. The predicted molar refractivity (Wildman–Crippen MR) is 100 cm³/mol. The van der Waals surface area contributed by atoms with Gasteiger partial charge in [0.25, 0.3) is 0 Å². The Bertz CT molecular complexity index is 677. The summed E-state index contributed by atoms with van der Waals surface area (Å²) in [5.41, 5.74) is 1.84. The van der Waals surface area contributed by atoms with Crippen molar-refractivity contribution in [3.8, 4) is 5.75 Å². The van der Waals surface area contributed by atoms with Crippen LogP contribution in [0.5, 0.6) is 5.75 Å². The molecule has 1 fully saturated rings. The molecule has 2 aromatic rings. The molecule has 1 aliphatic carbocycles. The largest absolute Gasteiger partial charge is 0.508 e. The Hall–Kier alpha value is -2.29. The average molecular weight is 337 g/mol. The summed E-state index contributed by atoms with van der Waals surface area (Å²) in [5, 5.41) is 13.1. The van der Waals surface area contributed by atoms with Crippen LogP contribution in [0.4, 0.5) is 0 Å². The van der Waals surface area contributed by atoms with E-state index in [4.69, 9.17) is 0 Å². The van der Waals surface area contributed by atoms with Gasteiger partial charge in [0.1, 0.15) is 5.75 Å². The molecule has 0 spiro atoms. The summed E-state index contributed by atoms with van der Waals surface area (Å²) in [5.74, 6) is 0.830. The second-order valence-corrected chi connectivity index (χ2v) is 7.08. The normalized spacial score (nSPS) is 16.3. The summed E-state index contributed by atoms with van der Waals surface area (Å²) in [6.07, 6.45) is 7.68. The number of carbonyl (C=O) groups excluding carboxylic acids is 1. The lowest BCUT2D eigenvalue weighted by Gasteiger charge is -2.27. The third kappa shape index (κ3) is 5.09. The number of phenolic OH excluding ortho intramolecular Hbond substituents is 1. The minimum atomic E-state index is -0.0360. The van der Waals surface area contributed by atoms with Gasteiger partial charge in [0.15, 0.2) is 0 Å². The van der Waals surface area contributed by atoms with Crippen LogP contribution in [0, 0.1) is 5.92 Å². The summed E-state index contributed by atoms with van der Waals surface area (Å²) < 4.78 is 0. The minimum absolute atomic E-state index is 0.0360. The summed E-state index contributed by atoms with van der Waals surface area (Å²) in [6, 6.07) is 17.3. The van der Waals surface area contributed by atoms with Crippen molar-refractivity contribution in [3.05, 3.63) is 65.7 Å². The quantitative estimate of drug-likeness (QED) is 0.798. The lowest BCUT2D eigenvalue weighted by Crippen LogP contribution is -2.31. The molecule has 3 heteroatoms. The van der Waals surface area contributed by atoms with Gasteiger partial charge < -0.3 is 10.4 Å². The smallest absolute Gasteiger partial charge is 0.225 e. The van der Waals surface area contributed by atoms with Gasteiger partial charge in [-0.3, -0.25) is 4.79 Å². The standard InChI is InChI=1S/C22H27NO2/c24-21-14-8-7-13-19(21)16-22(25)23-20(18-11-5-2-6-12-18)15-17-9-3-1-4-10-17/h2,5-8,11-14,17,20,24H,1,3-4,9-10,15-16H2,(H,23,25). The third-order valence-corrected chi connectivity index (χ3v) is 5.17. The number of amides is 1. The maximum atomic E-state index is 12.6. The molecule has 132 valence electrons. The number of hydrogen-bond donors (Lipinski definition) is 2. The number of phenols is 1. The number of para-hydroxylation sites is 1. The van der Waals surface area contributed by atoms with Crippen LogP contribution >= 0.6 is 0 Å². The van der Waals surface area contributed by atoms with Crippen molar-refractivity contribution < 1.29 is 9.90 Å². The highest BCUT2D eigenvalue weighted by molar-refractivity contribution is 5.79. The molecule has 3 nitrogen and oxygen atoms in total. The number of benzene rings is 2. The van der Waals surface area contributed by atoms with E-state index in [0.717, 1.165) is 6.42 Å². The molecule has 1 amide bonds. The Morgan fingerprint density at radius 1 is 1.00 bits per heavy atom. The zero-order valence-corrected chi connectivity index (χ0v) is 14.7. The molecular formula is C22H27NO2. The Morgan fingerprint density at radius 3 is 2.40 bits per heavy atom. The zero-order chi connectivity index (χ0) is 17.5. The molecule has 0 aromatic heterocycles. The molecule has 1 saturated carbocycles. The molecular weight excluding hydrogens is 310 g/mol. The van der Waals surface area contributed by atoms with Gasteiger partial charge in [-0.05, 0) is 24.0 Å². The molecule has 1 unspecified atom stereocenters. The van der Waals surface area contributed by atoms with Crippen LogP contribution in [0.15, 0.2) is 54.6 Å². The highest BCUT2D eigenvalue weighted by Crippen LogP contribution is 2.32.